The lowest BCUT2D eigenvalue weighted by Gasteiger charge is -2.25. The smallest absolute Gasteiger partial charge is 0.273 e. The zero-order valence-corrected chi connectivity index (χ0v) is 6.87. The second kappa shape index (κ2) is 2.42. The number of carbonyl (C=O) groups is 3. The molecule has 0 atom stereocenters. The summed E-state index contributed by atoms with van der Waals surface area (Å²) >= 11 is 0. The van der Waals surface area contributed by atoms with E-state index < -0.39 is 17.8 Å². The number of amides is 4. The third-order valence-corrected chi connectivity index (χ3v) is 2.10. The molecule has 0 bridgehead atoms. The summed E-state index contributed by atoms with van der Waals surface area (Å²) in [6, 6.07) is -0.651. The zero-order chi connectivity index (χ0) is 9.59. The van der Waals surface area contributed by atoms with Gasteiger partial charge in [-0.1, -0.05) is 6.58 Å². The molecule has 1 saturated carbocycles. The van der Waals surface area contributed by atoms with Crippen LogP contribution in [0.15, 0.2) is 12.2 Å². The standard InChI is InChI=1S/C8H8N2O3/c1-4-6(11)9-8(13)10(7(4)12)5-2-3-5/h5H,1-3H2,(H,9,11,13). The molecule has 1 N–H and O–H groups in total. The molecule has 0 aromatic heterocycles. The Morgan fingerprint density at radius 1 is 1.31 bits per heavy atom. The molecule has 2 aliphatic rings. The molecule has 0 unspecified atom stereocenters. The Morgan fingerprint density at radius 2 is 1.92 bits per heavy atom. The van der Waals surface area contributed by atoms with Crippen LogP contribution >= 0.6 is 0 Å². The molecule has 1 aliphatic carbocycles. The Kier molecular flexibility index (Phi) is 1.48. The van der Waals surface area contributed by atoms with Crippen molar-refractivity contribution in [2.75, 3.05) is 0 Å². The van der Waals surface area contributed by atoms with Gasteiger partial charge in [-0.15, -0.1) is 0 Å². The predicted octanol–water partition coefficient (Wildman–Crippen LogP) is -0.217. The molecule has 68 valence electrons. The monoisotopic (exact) mass is 180 g/mol. The SMILES string of the molecule is C=C1C(=O)NC(=O)N(C2CC2)C1=O. The first-order valence-corrected chi connectivity index (χ1v) is 3.99. The van der Waals surface area contributed by atoms with Gasteiger partial charge in [-0.25, -0.2) is 4.79 Å². The van der Waals surface area contributed by atoms with Crippen LogP contribution in [0.4, 0.5) is 4.79 Å². The Labute approximate surface area is 74.4 Å². The molecule has 4 amide bonds. The maximum Gasteiger partial charge on any atom is 0.331 e. The number of hydrogen-bond acceptors (Lipinski definition) is 3. The molecule has 0 spiro atoms. The lowest BCUT2D eigenvalue weighted by Crippen LogP contribution is -2.54. The zero-order valence-electron chi connectivity index (χ0n) is 6.87. The van der Waals surface area contributed by atoms with Gasteiger partial charge >= 0.3 is 6.03 Å². The van der Waals surface area contributed by atoms with E-state index in [9.17, 15) is 14.4 Å². The number of imide groups is 2. The maximum absolute atomic E-state index is 11.4. The second-order valence-electron chi connectivity index (χ2n) is 3.14. The molecule has 2 fully saturated rings. The van der Waals surface area contributed by atoms with E-state index in [2.05, 4.69) is 11.9 Å². The quantitative estimate of drug-likeness (QED) is 0.448. The number of urea groups is 1. The van der Waals surface area contributed by atoms with Crippen LogP contribution in [0.5, 0.6) is 0 Å². The molecular weight excluding hydrogens is 172 g/mol. The summed E-state index contributed by atoms with van der Waals surface area (Å²) in [6.45, 7) is 3.32. The molecule has 13 heavy (non-hydrogen) atoms. The summed E-state index contributed by atoms with van der Waals surface area (Å²) in [6.07, 6.45) is 1.64. The van der Waals surface area contributed by atoms with Gasteiger partial charge in [-0.2, -0.15) is 0 Å². The van der Waals surface area contributed by atoms with Crippen molar-refractivity contribution in [2.45, 2.75) is 18.9 Å². The first kappa shape index (κ1) is 7.97. The van der Waals surface area contributed by atoms with Gasteiger partial charge in [0.25, 0.3) is 11.8 Å². The Hall–Kier alpha value is -1.65. The highest BCUT2D eigenvalue weighted by Crippen LogP contribution is 2.29. The van der Waals surface area contributed by atoms with Crippen LogP contribution in [0.25, 0.3) is 0 Å². The van der Waals surface area contributed by atoms with Gasteiger partial charge in [-0.05, 0) is 12.8 Å². The number of carbonyl (C=O) groups excluding carboxylic acids is 3. The fourth-order valence-electron chi connectivity index (χ4n) is 1.23. The highest BCUT2D eigenvalue weighted by atomic mass is 16.2. The predicted molar refractivity (Wildman–Crippen MR) is 42.5 cm³/mol. The van der Waals surface area contributed by atoms with Gasteiger partial charge in [0, 0.05) is 6.04 Å². The van der Waals surface area contributed by atoms with Gasteiger partial charge in [0.15, 0.2) is 0 Å². The summed E-state index contributed by atoms with van der Waals surface area (Å²) in [5.41, 5.74) is -0.161. The maximum atomic E-state index is 11.4. The van der Waals surface area contributed by atoms with Crippen LogP contribution < -0.4 is 5.32 Å². The van der Waals surface area contributed by atoms with Crippen molar-refractivity contribution in [3.63, 3.8) is 0 Å². The summed E-state index contributed by atoms with van der Waals surface area (Å²) in [7, 11) is 0. The van der Waals surface area contributed by atoms with Crippen LogP contribution in [0, 0.1) is 0 Å². The van der Waals surface area contributed by atoms with Crippen molar-refractivity contribution in [2.24, 2.45) is 0 Å². The molecule has 0 aromatic carbocycles. The van der Waals surface area contributed by atoms with Crippen LogP contribution in [-0.4, -0.2) is 28.8 Å². The van der Waals surface area contributed by atoms with E-state index in [0.29, 0.717) is 0 Å². The lowest BCUT2D eigenvalue weighted by atomic mass is 10.2. The molecule has 5 nitrogen and oxygen atoms in total. The van der Waals surface area contributed by atoms with Crippen LogP contribution in [0.3, 0.4) is 0 Å². The molecule has 1 saturated heterocycles. The summed E-state index contributed by atoms with van der Waals surface area (Å²) in [5, 5.41) is 2.06. The van der Waals surface area contributed by atoms with Crippen molar-refractivity contribution >= 4 is 17.8 Å². The van der Waals surface area contributed by atoms with Crippen molar-refractivity contribution in [1.29, 1.82) is 0 Å². The lowest BCUT2D eigenvalue weighted by molar-refractivity contribution is -0.130. The highest BCUT2D eigenvalue weighted by Gasteiger charge is 2.43. The third-order valence-electron chi connectivity index (χ3n) is 2.10. The third kappa shape index (κ3) is 1.12. The fraction of sp³-hybridized carbons (Fsp3) is 0.375. The number of rotatable bonds is 1. The normalized spacial score (nSPS) is 23.5. The van der Waals surface area contributed by atoms with E-state index >= 15 is 0 Å². The van der Waals surface area contributed by atoms with Gasteiger partial charge in [0.1, 0.15) is 0 Å². The van der Waals surface area contributed by atoms with Crippen LogP contribution in [0.2, 0.25) is 0 Å². The highest BCUT2D eigenvalue weighted by molar-refractivity contribution is 6.28. The summed E-state index contributed by atoms with van der Waals surface area (Å²) < 4.78 is 0. The van der Waals surface area contributed by atoms with E-state index in [1.54, 1.807) is 0 Å². The van der Waals surface area contributed by atoms with Crippen molar-refractivity contribution in [3.05, 3.63) is 12.2 Å². The van der Waals surface area contributed by atoms with E-state index in [-0.39, 0.29) is 11.6 Å². The Balaban J connectivity index is 2.27. The molecule has 0 aromatic rings. The Bertz CT molecular complexity index is 330. The van der Waals surface area contributed by atoms with Crippen molar-refractivity contribution in [3.8, 4) is 0 Å². The fourth-order valence-corrected chi connectivity index (χ4v) is 1.23. The van der Waals surface area contributed by atoms with Gasteiger partial charge in [-0.3, -0.25) is 19.8 Å². The average molecular weight is 180 g/mol. The first-order chi connectivity index (χ1) is 6.11. The molecule has 1 aliphatic heterocycles. The number of nitrogens with one attached hydrogen (secondary N) is 1. The van der Waals surface area contributed by atoms with Gasteiger partial charge < -0.3 is 0 Å². The van der Waals surface area contributed by atoms with E-state index in [0.717, 1.165) is 17.7 Å². The van der Waals surface area contributed by atoms with Crippen molar-refractivity contribution < 1.29 is 14.4 Å². The topological polar surface area (TPSA) is 66.5 Å². The van der Waals surface area contributed by atoms with E-state index in [1.165, 1.54) is 0 Å². The molecule has 5 heteroatoms. The molecule has 1 heterocycles. The number of hydrogen-bond donors (Lipinski definition) is 1. The van der Waals surface area contributed by atoms with Crippen LogP contribution in [0.1, 0.15) is 12.8 Å². The molecule has 2 rings (SSSR count). The first-order valence-electron chi connectivity index (χ1n) is 3.99. The van der Waals surface area contributed by atoms with Gasteiger partial charge in [0.05, 0.1) is 5.57 Å². The second-order valence-corrected chi connectivity index (χ2v) is 3.14. The van der Waals surface area contributed by atoms with Crippen LogP contribution in [-0.2, 0) is 9.59 Å². The van der Waals surface area contributed by atoms with Gasteiger partial charge in [0.2, 0.25) is 0 Å². The Morgan fingerprint density at radius 3 is 2.46 bits per heavy atom. The number of barbiturate groups is 1. The molecule has 0 radical (unpaired) electrons. The molecular formula is C8H8N2O3. The van der Waals surface area contributed by atoms with E-state index in [4.69, 9.17) is 0 Å². The summed E-state index contributed by atoms with van der Waals surface area (Å²) in [5.74, 6) is -1.25. The minimum absolute atomic E-state index is 0.0302. The van der Waals surface area contributed by atoms with Crippen molar-refractivity contribution in [1.82, 2.24) is 10.2 Å². The van der Waals surface area contributed by atoms with E-state index in [1.807, 2.05) is 0 Å². The average Bonchev–Trinajstić information content (AvgIpc) is 2.84. The largest absolute Gasteiger partial charge is 0.331 e. The minimum Gasteiger partial charge on any atom is -0.273 e. The summed E-state index contributed by atoms with van der Waals surface area (Å²) in [4.78, 5) is 34.5. The minimum atomic E-state index is -0.688. The number of nitrogens with zero attached hydrogens (tertiary/aromatic N) is 1.